The number of carbonyl (C=O) groups excluding carboxylic acids is 1. The van der Waals surface area contributed by atoms with Gasteiger partial charge in [0.15, 0.2) is 0 Å². The van der Waals surface area contributed by atoms with E-state index in [9.17, 15) is 9.90 Å². The molecule has 1 spiro atoms. The molecule has 1 N–H and O–H groups in total. The zero-order valence-electron chi connectivity index (χ0n) is 16.7. The minimum Gasteiger partial charge on any atom is -0.491 e. The summed E-state index contributed by atoms with van der Waals surface area (Å²) in [6, 6.07) is 17.7. The van der Waals surface area contributed by atoms with Gasteiger partial charge in [-0.1, -0.05) is 30.3 Å². The van der Waals surface area contributed by atoms with Gasteiger partial charge in [-0.2, -0.15) is 0 Å². The van der Waals surface area contributed by atoms with Crippen LogP contribution in [0.5, 0.6) is 5.75 Å². The number of carbonyl (C=O) groups is 1. The van der Waals surface area contributed by atoms with Gasteiger partial charge < -0.3 is 14.7 Å². The highest BCUT2D eigenvalue weighted by Gasteiger charge is 2.51. The third-order valence-corrected chi connectivity index (χ3v) is 6.38. The van der Waals surface area contributed by atoms with Crippen molar-refractivity contribution in [2.75, 3.05) is 11.4 Å². The van der Waals surface area contributed by atoms with E-state index in [-0.39, 0.29) is 17.4 Å². The molecule has 2 aromatic rings. The molecule has 0 atom stereocenters. The predicted octanol–water partition coefficient (Wildman–Crippen LogP) is 4.66. The van der Waals surface area contributed by atoms with E-state index in [0.717, 1.165) is 42.8 Å². The molecule has 2 aliphatic rings. The van der Waals surface area contributed by atoms with Gasteiger partial charge in [0.1, 0.15) is 5.75 Å². The first-order valence-electron chi connectivity index (χ1n) is 10.3. The first-order valence-corrected chi connectivity index (χ1v) is 10.3. The Morgan fingerprint density at radius 2 is 1.57 bits per heavy atom. The van der Waals surface area contributed by atoms with E-state index >= 15 is 0 Å². The maximum absolute atomic E-state index is 13.3. The second-order valence-corrected chi connectivity index (χ2v) is 8.55. The monoisotopic (exact) mass is 379 g/mol. The molecule has 0 radical (unpaired) electrons. The van der Waals surface area contributed by atoms with Crippen LogP contribution in [0, 0.1) is 5.41 Å². The van der Waals surface area contributed by atoms with Crippen molar-refractivity contribution in [2.24, 2.45) is 5.41 Å². The van der Waals surface area contributed by atoms with Crippen LogP contribution in [0.25, 0.3) is 0 Å². The highest BCUT2D eigenvalue weighted by Crippen LogP contribution is 2.51. The Morgan fingerprint density at radius 1 is 0.929 bits per heavy atom. The summed E-state index contributed by atoms with van der Waals surface area (Å²) >= 11 is 0. The number of aliphatic hydroxyl groups is 1. The van der Waals surface area contributed by atoms with Crippen LogP contribution >= 0.6 is 0 Å². The number of anilines is 1. The molecule has 0 aromatic heterocycles. The second-order valence-electron chi connectivity index (χ2n) is 8.55. The van der Waals surface area contributed by atoms with Gasteiger partial charge in [0.2, 0.25) is 5.91 Å². The standard InChI is InChI=1S/C24H29NO3/c1-18(2)28-21-10-8-20(9-11-21)25-17-16-23(22(25)26)12-14-24(27,15-13-23)19-6-4-3-5-7-19/h3-11,18,27H,12-17H2,1-2H3. The summed E-state index contributed by atoms with van der Waals surface area (Å²) in [6.45, 7) is 4.75. The second kappa shape index (κ2) is 7.25. The third-order valence-electron chi connectivity index (χ3n) is 6.38. The van der Waals surface area contributed by atoms with E-state index in [1.54, 1.807) is 0 Å². The summed E-state index contributed by atoms with van der Waals surface area (Å²) in [5, 5.41) is 11.1. The molecule has 0 bridgehead atoms. The molecule has 148 valence electrons. The number of nitrogens with zero attached hydrogens (tertiary/aromatic N) is 1. The van der Waals surface area contributed by atoms with Crippen molar-refractivity contribution < 1.29 is 14.6 Å². The number of hydrogen-bond donors (Lipinski definition) is 1. The number of benzene rings is 2. The molecule has 1 saturated carbocycles. The van der Waals surface area contributed by atoms with Gasteiger partial charge in [-0.3, -0.25) is 4.79 Å². The van der Waals surface area contributed by atoms with Gasteiger partial charge in [0, 0.05) is 12.2 Å². The Labute approximate surface area is 167 Å². The molecule has 4 nitrogen and oxygen atoms in total. The molecule has 4 heteroatoms. The van der Waals surface area contributed by atoms with Crippen molar-refractivity contribution in [2.45, 2.75) is 57.7 Å². The van der Waals surface area contributed by atoms with Crippen molar-refractivity contribution in [3.05, 3.63) is 60.2 Å². The minimum absolute atomic E-state index is 0.133. The van der Waals surface area contributed by atoms with Crippen LogP contribution in [0.15, 0.2) is 54.6 Å². The van der Waals surface area contributed by atoms with E-state index < -0.39 is 5.60 Å². The predicted molar refractivity (Wildman–Crippen MR) is 110 cm³/mol. The van der Waals surface area contributed by atoms with Crippen molar-refractivity contribution in [1.29, 1.82) is 0 Å². The summed E-state index contributed by atoms with van der Waals surface area (Å²) in [5.74, 6) is 1.03. The van der Waals surface area contributed by atoms with Crippen LogP contribution in [0.1, 0.15) is 51.5 Å². The van der Waals surface area contributed by atoms with E-state index in [4.69, 9.17) is 4.74 Å². The molecule has 1 aliphatic heterocycles. The molecule has 1 aliphatic carbocycles. The fourth-order valence-electron chi connectivity index (χ4n) is 4.69. The molecular formula is C24H29NO3. The Hall–Kier alpha value is -2.33. The van der Waals surface area contributed by atoms with Crippen LogP contribution in [0.3, 0.4) is 0 Å². The molecule has 2 aromatic carbocycles. The Kier molecular flexibility index (Phi) is 4.92. The molecule has 4 rings (SSSR count). The van der Waals surface area contributed by atoms with Crippen LogP contribution in [0.4, 0.5) is 5.69 Å². The largest absolute Gasteiger partial charge is 0.491 e. The van der Waals surface area contributed by atoms with Crippen molar-refractivity contribution in [3.63, 3.8) is 0 Å². The van der Waals surface area contributed by atoms with Crippen LogP contribution in [-0.4, -0.2) is 23.7 Å². The quantitative estimate of drug-likeness (QED) is 0.841. The van der Waals surface area contributed by atoms with Gasteiger partial charge >= 0.3 is 0 Å². The fraction of sp³-hybridized carbons (Fsp3) is 0.458. The number of amides is 1. The lowest BCUT2D eigenvalue weighted by molar-refractivity contribution is -0.131. The zero-order chi connectivity index (χ0) is 19.8. The Morgan fingerprint density at radius 3 is 2.18 bits per heavy atom. The van der Waals surface area contributed by atoms with E-state index in [1.165, 1.54) is 0 Å². The lowest BCUT2D eigenvalue weighted by Crippen LogP contribution is -2.42. The number of hydrogen-bond acceptors (Lipinski definition) is 3. The van der Waals surface area contributed by atoms with Crippen LogP contribution in [-0.2, 0) is 10.4 Å². The van der Waals surface area contributed by atoms with Gasteiger partial charge in [-0.05, 0) is 75.8 Å². The Bertz CT molecular complexity index is 821. The maximum Gasteiger partial charge on any atom is 0.233 e. The molecule has 1 heterocycles. The minimum atomic E-state index is -0.809. The number of ether oxygens (including phenoxy) is 1. The molecule has 28 heavy (non-hydrogen) atoms. The van der Waals surface area contributed by atoms with Crippen molar-refractivity contribution in [1.82, 2.24) is 0 Å². The summed E-state index contributed by atoms with van der Waals surface area (Å²) in [5.41, 5.74) is 0.763. The van der Waals surface area contributed by atoms with Crippen LogP contribution < -0.4 is 9.64 Å². The first-order chi connectivity index (χ1) is 13.4. The van der Waals surface area contributed by atoms with Crippen molar-refractivity contribution in [3.8, 4) is 5.75 Å². The summed E-state index contributed by atoms with van der Waals surface area (Å²) in [6.07, 6.45) is 3.74. The summed E-state index contributed by atoms with van der Waals surface area (Å²) < 4.78 is 5.70. The molecule has 1 saturated heterocycles. The van der Waals surface area contributed by atoms with Gasteiger partial charge in [0.25, 0.3) is 0 Å². The SMILES string of the molecule is CC(C)Oc1ccc(N2CCC3(CCC(O)(c4ccccc4)CC3)C2=O)cc1. The van der Waals surface area contributed by atoms with Gasteiger partial charge in [-0.15, -0.1) is 0 Å². The fourth-order valence-corrected chi connectivity index (χ4v) is 4.69. The third kappa shape index (κ3) is 3.42. The van der Waals surface area contributed by atoms with Gasteiger partial charge in [0.05, 0.1) is 17.1 Å². The molecule has 2 fully saturated rings. The highest BCUT2D eigenvalue weighted by molar-refractivity contribution is 6.00. The number of rotatable bonds is 4. The maximum atomic E-state index is 13.3. The van der Waals surface area contributed by atoms with Gasteiger partial charge in [-0.25, -0.2) is 0 Å². The molecule has 0 unspecified atom stereocenters. The topological polar surface area (TPSA) is 49.8 Å². The summed E-state index contributed by atoms with van der Waals surface area (Å²) in [4.78, 5) is 15.2. The molecule has 1 amide bonds. The molecular weight excluding hydrogens is 350 g/mol. The lowest BCUT2D eigenvalue weighted by Gasteiger charge is -2.41. The average Bonchev–Trinajstić information content (AvgIpc) is 3.02. The van der Waals surface area contributed by atoms with Crippen LogP contribution in [0.2, 0.25) is 0 Å². The highest BCUT2D eigenvalue weighted by atomic mass is 16.5. The van der Waals surface area contributed by atoms with E-state index in [0.29, 0.717) is 12.8 Å². The zero-order valence-corrected chi connectivity index (χ0v) is 16.7. The summed E-state index contributed by atoms with van der Waals surface area (Å²) in [7, 11) is 0. The van der Waals surface area contributed by atoms with E-state index in [2.05, 4.69) is 0 Å². The average molecular weight is 380 g/mol. The van der Waals surface area contributed by atoms with E-state index in [1.807, 2.05) is 73.3 Å². The smallest absolute Gasteiger partial charge is 0.233 e. The normalized spacial score (nSPS) is 27.6. The van der Waals surface area contributed by atoms with Crippen molar-refractivity contribution >= 4 is 11.6 Å². The Balaban J connectivity index is 1.46. The lowest BCUT2D eigenvalue weighted by atomic mass is 9.66. The first kappa shape index (κ1) is 19.0.